The molecule has 0 N–H and O–H groups in total. The fourth-order valence-electron chi connectivity index (χ4n) is 0.751. The first-order chi connectivity index (χ1) is 5.33. The zero-order valence-electron chi connectivity index (χ0n) is 6.51. The van der Waals surface area contributed by atoms with Crippen LogP contribution < -0.4 is 4.74 Å². The summed E-state index contributed by atoms with van der Waals surface area (Å²) in [7, 11) is 2.03. The van der Waals surface area contributed by atoms with Gasteiger partial charge in [0.05, 0.1) is 6.61 Å². The number of halogens is 1. The molecule has 0 amide bonds. The highest BCUT2D eigenvalue weighted by atomic mass is 19.1. The predicted octanol–water partition coefficient (Wildman–Crippen LogP) is 1.26. The maximum atomic E-state index is 12.4. The van der Waals surface area contributed by atoms with Crippen LogP contribution in [0.3, 0.4) is 0 Å². The first-order valence-electron chi connectivity index (χ1n) is 3.71. The number of benzene rings is 1. The minimum Gasteiger partial charge on any atom is -0.494 e. The lowest BCUT2D eigenvalue weighted by molar-refractivity contribution is 0.340. The van der Waals surface area contributed by atoms with Crippen molar-refractivity contribution in [2.24, 2.45) is 0 Å². The molecule has 0 unspecified atom stereocenters. The van der Waals surface area contributed by atoms with E-state index in [-0.39, 0.29) is 5.82 Å². The van der Waals surface area contributed by atoms with Crippen molar-refractivity contribution in [3.05, 3.63) is 30.1 Å². The number of ether oxygens (including phenoxy) is 1. The fourth-order valence-corrected chi connectivity index (χ4v) is 0.751. The van der Waals surface area contributed by atoms with Gasteiger partial charge in [0.1, 0.15) is 19.4 Å². The van der Waals surface area contributed by atoms with E-state index in [9.17, 15) is 4.39 Å². The third kappa shape index (κ3) is 2.62. The standard InChI is InChI=1S/C8H10BFO/c9-5-6-11-8-3-1-7(10)2-4-8/h1-4H,5-6,9H2. The third-order valence-corrected chi connectivity index (χ3v) is 1.29. The molecule has 0 saturated heterocycles. The Morgan fingerprint density at radius 3 is 2.45 bits per heavy atom. The molecule has 0 aliphatic rings. The second-order valence-corrected chi connectivity index (χ2v) is 2.30. The summed E-state index contributed by atoms with van der Waals surface area (Å²) < 4.78 is 17.6. The lowest BCUT2D eigenvalue weighted by atomic mass is 10.1. The molecule has 3 heteroatoms. The Balaban J connectivity index is 2.52. The van der Waals surface area contributed by atoms with E-state index in [0.29, 0.717) is 6.61 Å². The monoisotopic (exact) mass is 152 g/mol. The van der Waals surface area contributed by atoms with Gasteiger partial charge in [0.15, 0.2) is 0 Å². The molecule has 1 rings (SSSR count). The van der Waals surface area contributed by atoms with E-state index in [1.165, 1.54) is 12.1 Å². The summed E-state index contributed by atoms with van der Waals surface area (Å²) in [6.45, 7) is 0.686. The Morgan fingerprint density at radius 1 is 1.27 bits per heavy atom. The predicted molar refractivity (Wildman–Crippen MR) is 45.2 cm³/mol. The molecule has 0 fully saturated rings. The molecule has 1 aromatic rings. The van der Waals surface area contributed by atoms with Crippen molar-refractivity contribution in [1.82, 2.24) is 0 Å². The SMILES string of the molecule is BCCOc1ccc(F)cc1. The van der Waals surface area contributed by atoms with Gasteiger partial charge in [-0.25, -0.2) is 4.39 Å². The summed E-state index contributed by atoms with van der Waals surface area (Å²) in [6.07, 6.45) is 0.970. The fraction of sp³-hybridized carbons (Fsp3) is 0.250. The van der Waals surface area contributed by atoms with E-state index in [0.717, 1.165) is 12.1 Å². The Morgan fingerprint density at radius 2 is 1.91 bits per heavy atom. The third-order valence-electron chi connectivity index (χ3n) is 1.29. The second-order valence-electron chi connectivity index (χ2n) is 2.30. The summed E-state index contributed by atoms with van der Waals surface area (Å²) in [5, 5.41) is 0. The normalized spacial score (nSPS) is 9.55. The maximum Gasteiger partial charge on any atom is 0.123 e. The first kappa shape index (κ1) is 8.11. The van der Waals surface area contributed by atoms with Crippen LogP contribution >= 0.6 is 0 Å². The van der Waals surface area contributed by atoms with Crippen molar-refractivity contribution >= 4 is 7.85 Å². The maximum absolute atomic E-state index is 12.4. The average molecular weight is 152 g/mol. The molecule has 1 nitrogen and oxygen atoms in total. The minimum absolute atomic E-state index is 0.228. The Kier molecular flexibility index (Phi) is 2.96. The number of hydrogen-bond donors (Lipinski definition) is 0. The summed E-state index contributed by atoms with van der Waals surface area (Å²) >= 11 is 0. The van der Waals surface area contributed by atoms with Gasteiger partial charge in [0.25, 0.3) is 0 Å². The summed E-state index contributed by atoms with van der Waals surface area (Å²) in [6, 6.07) is 6.05. The second kappa shape index (κ2) is 4.01. The van der Waals surface area contributed by atoms with Gasteiger partial charge in [0, 0.05) is 0 Å². The van der Waals surface area contributed by atoms with E-state index in [1.54, 1.807) is 12.1 Å². The molecule has 0 heterocycles. The molecule has 0 saturated carbocycles. The Labute approximate surface area is 66.6 Å². The quantitative estimate of drug-likeness (QED) is 0.592. The van der Waals surface area contributed by atoms with Crippen LogP contribution in [0.1, 0.15) is 0 Å². The van der Waals surface area contributed by atoms with Gasteiger partial charge in [-0.15, -0.1) is 0 Å². The van der Waals surface area contributed by atoms with Crippen LogP contribution in [0.25, 0.3) is 0 Å². The van der Waals surface area contributed by atoms with Crippen LogP contribution in [0.15, 0.2) is 24.3 Å². The number of hydrogen-bond acceptors (Lipinski definition) is 1. The minimum atomic E-state index is -0.228. The Hall–Kier alpha value is -0.985. The van der Waals surface area contributed by atoms with Crippen LogP contribution in [0.4, 0.5) is 4.39 Å². The van der Waals surface area contributed by atoms with Crippen molar-refractivity contribution in [3.63, 3.8) is 0 Å². The van der Waals surface area contributed by atoms with Crippen molar-refractivity contribution in [2.75, 3.05) is 6.61 Å². The molecular weight excluding hydrogens is 142 g/mol. The first-order valence-corrected chi connectivity index (χ1v) is 3.71. The zero-order chi connectivity index (χ0) is 8.10. The van der Waals surface area contributed by atoms with Crippen LogP contribution in [-0.4, -0.2) is 14.5 Å². The van der Waals surface area contributed by atoms with Gasteiger partial charge in [-0.3, -0.25) is 0 Å². The van der Waals surface area contributed by atoms with Crippen LogP contribution in [0.5, 0.6) is 5.75 Å². The lowest BCUT2D eigenvalue weighted by Gasteiger charge is -2.02. The highest BCUT2D eigenvalue weighted by molar-refractivity contribution is 6.08. The highest BCUT2D eigenvalue weighted by Crippen LogP contribution is 2.10. The number of rotatable bonds is 3. The highest BCUT2D eigenvalue weighted by Gasteiger charge is 1.91. The molecule has 0 bridgehead atoms. The topological polar surface area (TPSA) is 9.23 Å². The van der Waals surface area contributed by atoms with E-state index >= 15 is 0 Å². The lowest BCUT2D eigenvalue weighted by Crippen LogP contribution is -1.95. The van der Waals surface area contributed by atoms with E-state index < -0.39 is 0 Å². The van der Waals surface area contributed by atoms with Gasteiger partial charge >= 0.3 is 0 Å². The zero-order valence-corrected chi connectivity index (χ0v) is 6.51. The van der Waals surface area contributed by atoms with Crippen LogP contribution in [0, 0.1) is 5.82 Å². The average Bonchev–Trinajstić information content (AvgIpc) is 2.04. The summed E-state index contributed by atoms with van der Waals surface area (Å²) in [5.41, 5.74) is 0. The molecule has 11 heavy (non-hydrogen) atoms. The van der Waals surface area contributed by atoms with Gasteiger partial charge < -0.3 is 4.74 Å². The summed E-state index contributed by atoms with van der Waals surface area (Å²) in [5.74, 6) is 0.502. The molecule has 0 spiro atoms. The van der Waals surface area contributed by atoms with Gasteiger partial charge in [-0.05, 0) is 30.6 Å². The van der Waals surface area contributed by atoms with Crippen molar-refractivity contribution in [2.45, 2.75) is 6.32 Å². The Bertz CT molecular complexity index is 210. The van der Waals surface area contributed by atoms with Crippen molar-refractivity contribution < 1.29 is 9.13 Å². The van der Waals surface area contributed by atoms with E-state index in [4.69, 9.17) is 4.74 Å². The van der Waals surface area contributed by atoms with Crippen molar-refractivity contribution in [3.8, 4) is 5.75 Å². The molecular formula is C8H10BFO. The molecule has 0 aliphatic carbocycles. The smallest absolute Gasteiger partial charge is 0.123 e. The largest absolute Gasteiger partial charge is 0.494 e. The van der Waals surface area contributed by atoms with E-state index in [2.05, 4.69) is 0 Å². The van der Waals surface area contributed by atoms with Gasteiger partial charge in [0.2, 0.25) is 0 Å². The molecule has 0 aromatic heterocycles. The molecule has 1 aromatic carbocycles. The summed E-state index contributed by atoms with van der Waals surface area (Å²) in [4.78, 5) is 0. The molecule has 0 radical (unpaired) electrons. The molecule has 0 atom stereocenters. The molecule has 58 valence electrons. The van der Waals surface area contributed by atoms with Crippen molar-refractivity contribution in [1.29, 1.82) is 0 Å². The molecule has 0 aliphatic heterocycles. The van der Waals surface area contributed by atoms with E-state index in [1.807, 2.05) is 7.85 Å². The van der Waals surface area contributed by atoms with Gasteiger partial charge in [-0.1, -0.05) is 0 Å². The van der Waals surface area contributed by atoms with Gasteiger partial charge in [-0.2, -0.15) is 0 Å². The van der Waals surface area contributed by atoms with Crippen LogP contribution in [-0.2, 0) is 0 Å². The van der Waals surface area contributed by atoms with Crippen LogP contribution in [0.2, 0.25) is 6.32 Å².